The molecule has 284 valence electrons. The van der Waals surface area contributed by atoms with Crippen LogP contribution in [0.5, 0.6) is 0 Å². The number of fused-ring (bicyclic) bond motifs is 4. The van der Waals surface area contributed by atoms with E-state index in [9.17, 15) is 0 Å². The molecule has 0 fully saturated rings. The van der Waals surface area contributed by atoms with Gasteiger partial charge in [-0.3, -0.25) is 9.47 Å². The summed E-state index contributed by atoms with van der Waals surface area (Å²) in [5.74, 6) is 1.20. The highest BCUT2D eigenvalue weighted by atomic mass is 15.3. The molecule has 60 heavy (non-hydrogen) atoms. The summed E-state index contributed by atoms with van der Waals surface area (Å²) in [5, 5.41) is 1.29. The lowest BCUT2D eigenvalue weighted by Gasteiger charge is -2.33. The molecular weight excluding hydrogens is 727 g/mol. The largest absolute Gasteiger partial charge is 0.310 e. The molecule has 3 heteroatoms. The average Bonchev–Trinajstić information content (AvgIpc) is 3.66. The molecule has 1 aliphatic heterocycles. The van der Waals surface area contributed by atoms with Crippen LogP contribution in [0.1, 0.15) is 11.1 Å². The van der Waals surface area contributed by atoms with Gasteiger partial charge in [-0.2, -0.15) is 0 Å². The summed E-state index contributed by atoms with van der Waals surface area (Å²) in [6, 6.07) is 85.4. The minimum Gasteiger partial charge on any atom is -0.310 e. The molecule has 0 atom stereocenters. The highest BCUT2D eigenvalue weighted by Gasteiger charge is 2.31. The van der Waals surface area contributed by atoms with E-state index in [2.05, 4.69) is 251 Å². The van der Waals surface area contributed by atoms with Crippen molar-refractivity contribution >= 4 is 45.2 Å². The molecule has 0 bridgehead atoms. The van der Waals surface area contributed by atoms with Gasteiger partial charge < -0.3 is 4.90 Å². The lowest BCUT2D eigenvalue weighted by Crippen LogP contribution is -2.20. The normalized spacial score (nSPS) is 11.9. The topological polar surface area (TPSA) is 11.4 Å². The van der Waals surface area contributed by atoms with Gasteiger partial charge in [0, 0.05) is 45.8 Å². The Morgan fingerprint density at radius 3 is 1.50 bits per heavy atom. The van der Waals surface area contributed by atoms with E-state index < -0.39 is 0 Å². The molecule has 3 nitrogen and oxygen atoms in total. The van der Waals surface area contributed by atoms with E-state index in [1.54, 1.807) is 0 Å². The summed E-state index contributed by atoms with van der Waals surface area (Å²) in [5.41, 5.74) is 17.8. The molecule has 0 unspecified atom stereocenters. The van der Waals surface area contributed by atoms with E-state index in [1.807, 2.05) is 0 Å². The van der Waals surface area contributed by atoms with Gasteiger partial charge in [-0.15, -0.1) is 0 Å². The number of anilines is 6. The maximum Gasteiger partial charge on any atom is 0.127 e. The average molecular weight is 768 g/mol. The second-order valence-electron chi connectivity index (χ2n) is 15.4. The van der Waals surface area contributed by atoms with Gasteiger partial charge >= 0.3 is 0 Å². The maximum atomic E-state index is 2.46. The summed E-state index contributed by atoms with van der Waals surface area (Å²) in [7, 11) is 0. The first-order valence-electron chi connectivity index (χ1n) is 20.6. The third-order valence-electron chi connectivity index (χ3n) is 11.8. The number of nitrogens with zero attached hydrogens (tertiary/aromatic N) is 3. The predicted octanol–water partition coefficient (Wildman–Crippen LogP) is 15.5. The van der Waals surface area contributed by atoms with Crippen molar-refractivity contribution in [3.63, 3.8) is 0 Å². The van der Waals surface area contributed by atoms with Crippen LogP contribution < -0.4 is 9.80 Å². The standard InChI is InChI=1S/C57H41N3/c1-4-15-41(16-5-1)43-27-33-49(34-28-43)58(50-35-29-44(30-36-50)42-17-6-2-7-18-42)52-23-14-20-46(39-52)45-31-37-51(38-32-45)59-55-25-12-10-19-47(55)40-54-53-24-11-13-26-56(53)60(57(54)59)48-21-8-3-9-22-48/h1-39H,40H2. The molecule has 11 rings (SSSR count). The lowest BCUT2D eigenvalue weighted by molar-refractivity contribution is 1.01. The van der Waals surface area contributed by atoms with Crippen LogP contribution in [0.2, 0.25) is 0 Å². The molecule has 0 N–H and O–H groups in total. The Kier molecular flexibility index (Phi) is 8.90. The Balaban J connectivity index is 0.988. The minimum atomic E-state index is 0.883. The van der Waals surface area contributed by atoms with Crippen molar-refractivity contribution in [2.75, 3.05) is 9.80 Å². The van der Waals surface area contributed by atoms with Gasteiger partial charge in [0.05, 0.1) is 11.2 Å². The predicted molar refractivity (Wildman–Crippen MR) is 252 cm³/mol. The molecule has 1 aliphatic rings. The Labute approximate surface area is 351 Å². The van der Waals surface area contributed by atoms with E-state index in [-0.39, 0.29) is 0 Å². The van der Waals surface area contributed by atoms with E-state index in [4.69, 9.17) is 0 Å². The van der Waals surface area contributed by atoms with Gasteiger partial charge in [0.15, 0.2) is 0 Å². The number of aromatic nitrogens is 1. The van der Waals surface area contributed by atoms with Crippen molar-refractivity contribution in [1.82, 2.24) is 4.57 Å². The van der Waals surface area contributed by atoms with E-state index in [0.29, 0.717) is 0 Å². The van der Waals surface area contributed by atoms with Crippen molar-refractivity contribution in [1.29, 1.82) is 0 Å². The lowest BCUT2D eigenvalue weighted by atomic mass is 9.96. The molecule has 0 saturated heterocycles. The van der Waals surface area contributed by atoms with Crippen molar-refractivity contribution in [2.24, 2.45) is 0 Å². The monoisotopic (exact) mass is 767 g/mol. The molecule has 1 aromatic heterocycles. The fourth-order valence-corrected chi connectivity index (χ4v) is 8.93. The summed E-state index contributed by atoms with van der Waals surface area (Å²) >= 11 is 0. The van der Waals surface area contributed by atoms with Gasteiger partial charge in [-0.05, 0) is 112 Å². The van der Waals surface area contributed by atoms with Gasteiger partial charge in [-0.1, -0.05) is 164 Å². The molecule has 2 heterocycles. The van der Waals surface area contributed by atoms with Crippen molar-refractivity contribution < 1.29 is 0 Å². The first kappa shape index (κ1) is 35.3. The Morgan fingerprint density at radius 1 is 0.350 bits per heavy atom. The highest BCUT2D eigenvalue weighted by molar-refractivity contribution is 5.98. The zero-order valence-corrected chi connectivity index (χ0v) is 33.1. The van der Waals surface area contributed by atoms with Crippen LogP contribution in [0.25, 0.3) is 50.0 Å². The van der Waals surface area contributed by atoms with Gasteiger partial charge in [0.2, 0.25) is 0 Å². The van der Waals surface area contributed by atoms with E-state index >= 15 is 0 Å². The first-order chi connectivity index (χ1) is 29.8. The molecule has 0 radical (unpaired) electrons. The zero-order chi connectivity index (χ0) is 39.8. The Morgan fingerprint density at radius 2 is 0.850 bits per heavy atom. The fourth-order valence-electron chi connectivity index (χ4n) is 8.93. The van der Waals surface area contributed by atoms with Crippen LogP contribution in [-0.2, 0) is 6.42 Å². The zero-order valence-electron chi connectivity index (χ0n) is 33.1. The minimum absolute atomic E-state index is 0.883. The van der Waals surface area contributed by atoms with Gasteiger partial charge in [-0.25, -0.2) is 0 Å². The number of rotatable bonds is 8. The quantitative estimate of drug-likeness (QED) is 0.153. The van der Waals surface area contributed by atoms with E-state index in [1.165, 1.54) is 55.8 Å². The highest BCUT2D eigenvalue weighted by Crippen LogP contribution is 2.49. The van der Waals surface area contributed by atoms with Crippen LogP contribution in [0.15, 0.2) is 237 Å². The number of hydrogen-bond donors (Lipinski definition) is 0. The van der Waals surface area contributed by atoms with Crippen molar-refractivity contribution in [2.45, 2.75) is 6.42 Å². The summed E-state index contributed by atoms with van der Waals surface area (Å²) in [6.45, 7) is 0. The van der Waals surface area contributed by atoms with E-state index in [0.717, 1.165) is 46.0 Å². The smallest absolute Gasteiger partial charge is 0.127 e. The summed E-state index contributed by atoms with van der Waals surface area (Å²) in [4.78, 5) is 4.82. The molecule has 0 spiro atoms. The molecule has 0 aliphatic carbocycles. The molecule has 9 aromatic carbocycles. The molecule has 10 aromatic rings. The molecule has 0 saturated carbocycles. The number of benzene rings is 9. The first-order valence-corrected chi connectivity index (χ1v) is 20.6. The third-order valence-corrected chi connectivity index (χ3v) is 11.8. The number of para-hydroxylation sites is 3. The molecular formula is C57H41N3. The third kappa shape index (κ3) is 6.34. The van der Waals surface area contributed by atoms with Crippen LogP contribution in [0.3, 0.4) is 0 Å². The van der Waals surface area contributed by atoms with Crippen LogP contribution in [0, 0.1) is 0 Å². The Hall–Kier alpha value is -7.88. The van der Waals surface area contributed by atoms with Gasteiger partial charge in [0.1, 0.15) is 5.82 Å². The SMILES string of the molecule is c1ccc(-c2ccc(N(c3ccc(-c4ccccc4)cc3)c3cccc(-c4ccc(N5c6ccccc6Cc6c5n(-c5ccccc5)c5ccccc65)cc4)c3)cc2)cc1. The summed E-state index contributed by atoms with van der Waals surface area (Å²) in [6.07, 6.45) is 0.883. The Bertz CT molecular complexity index is 3000. The van der Waals surface area contributed by atoms with Crippen LogP contribution >= 0.6 is 0 Å². The van der Waals surface area contributed by atoms with Gasteiger partial charge in [0.25, 0.3) is 0 Å². The molecule has 0 amide bonds. The van der Waals surface area contributed by atoms with Crippen LogP contribution in [0.4, 0.5) is 34.3 Å². The van der Waals surface area contributed by atoms with Crippen molar-refractivity contribution in [3.05, 3.63) is 248 Å². The second-order valence-corrected chi connectivity index (χ2v) is 15.4. The van der Waals surface area contributed by atoms with Crippen molar-refractivity contribution in [3.8, 4) is 39.1 Å². The fraction of sp³-hybridized carbons (Fsp3) is 0.0175. The maximum absolute atomic E-state index is 2.46. The van der Waals surface area contributed by atoms with Crippen LogP contribution in [-0.4, -0.2) is 4.57 Å². The second kappa shape index (κ2) is 15.1. The number of hydrogen-bond acceptors (Lipinski definition) is 2. The summed E-state index contributed by atoms with van der Waals surface area (Å²) < 4.78 is 2.44.